The summed E-state index contributed by atoms with van der Waals surface area (Å²) in [5.74, 6) is 0.393. The van der Waals surface area contributed by atoms with Gasteiger partial charge >= 0.3 is 0 Å². The fourth-order valence-electron chi connectivity index (χ4n) is 4.26. The van der Waals surface area contributed by atoms with E-state index in [2.05, 4.69) is 42.0 Å². The molecule has 0 unspecified atom stereocenters. The van der Waals surface area contributed by atoms with Crippen molar-refractivity contribution in [1.29, 1.82) is 0 Å². The fourth-order valence-corrected chi connectivity index (χ4v) is 5.24. The van der Waals surface area contributed by atoms with Crippen LogP contribution in [0.5, 0.6) is 0 Å². The molecule has 3 aromatic rings. The summed E-state index contributed by atoms with van der Waals surface area (Å²) in [6.45, 7) is 4.37. The normalized spacial score (nSPS) is 15.6. The summed E-state index contributed by atoms with van der Waals surface area (Å²) in [6.07, 6.45) is 5.94. The van der Waals surface area contributed by atoms with Crippen molar-refractivity contribution in [2.24, 2.45) is 4.99 Å². The molecule has 0 spiro atoms. The van der Waals surface area contributed by atoms with Crippen molar-refractivity contribution >= 4 is 22.7 Å². The van der Waals surface area contributed by atoms with Crippen LogP contribution >= 0.6 is 11.3 Å². The molecular weight excluding hydrogens is 394 g/mol. The standard InChI is InChI=1S/C24H27N3O2S/c1-17(2)21-13-6-7-14-22(21)25-24-26(19-10-4-3-5-11-19)23(16-30-24)18-9-8-12-20(15-18)27(28)29/h6-9,12-17,19H,3-5,10-11H2,1-2H3. The van der Waals surface area contributed by atoms with Gasteiger partial charge in [0.1, 0.15) is 0 Å². The lowest BCUT2D eigenvalue weighted by Gasteiger charge is -2.25. The molecular formula is C24H27N3O2S. The topological polar surface area (TPSA) is 60.4 Å². The summed E-state index contributed by atoms with van der Waals surface area (Å²) in [5, 5.41) is 13.4. The van der Waals surface area contributed by atoms with Gasteiger partial charge in [0.2, 0.25) is 0 Å². The first-order chi connectivity index (χ1) is 14.5. The van der Waals surface area contributed by atoms with Gasteiger partial charge in [0.25, 0.3) is 5.69 Å². The van der Waals surface area contributed by atoms with E-state index >= 15 is 0 Å². The van der Waals surface area contributed by atoms with Gasteiger partial charge in [-0.25, -0.2) is 4.99 Å². The lowest BCUT2D eigenvalue weighted by atomic mass is 9.95. The number of thiazole rings is 1. The summed E-state index contributed by atoms with van der Waals surface area (Å²) in [5.41, 5.74) is 4.26. The SMILES string of the molecule is CC(C)c1ccccc1N=c1scc(-c2cccc([N+](=O)[O-])c2)n1C1CCCCC1. The van der Waals surface area contributed by atoms with Crippen LogP contribution in [0.4, 0.5) is 11.4 Å². The Kier molecular flexibility index (Phi) is 6.13. The molecule has 0 amide bonds. The number of nitro benzene ring substituents is 1. The van der Waals surface area contributed by atoms with Crippen LogP contribution in [-0.4, -0.2) is 9.49 Å². The maximum Gasteiger partial charge on any atom is 0.270 e. The van der Waals surface area contributed by atoms with Crippen LogP contribution in [0, 0.1) is 10.1 Å². The zero-order valence-corrected chi connectivity index (χ0v) is 18.3. The van der Waals surface area contributed by atoms with Gasteiger partial charge in [-0.3, -0.25) is 10.1 Å². The first-order valence-corrected chi connectivity index (χ1v) is 11.5. The van der Waals surface area contributed by atoms with E-state index in [1.165, 1.54) is 24.8 Å². The Morgan fingerprint density at radius 1 is 1.10 bits per heavy atom. The first-order valence-electron chi connectivity index (χ1n) is 10.6. The summed E-state index contributed by atoms with van der Waals surface area (Å²) in [4.78, 5) is 17.0. The minimum Gasteiger partial charge on any atom is -0.313 e. The van der Waals surface area contributed by atoms with E-state index in [9.17, 15) is 10.1 Å². The maximum absolute atomic E-state index is 11.3. The Balaban J connectivity index is 1.89. The minimum absolute atomic E-state index is 0.123. The average molecular weight is 422 g/mol. The zero-order chi connectivity index (χ0) is 21.1. The van der Waals surface area contributed by atoms with Gasteiger partial charge in [-0.2, -0.15) is 0 Å². The van der Waals surface area contributed by atoms with Gasteiger partial charge in [-0.05, 0) is 30.4 Å². The lowest BCUT2D eigenvalue weighted by molar-refractivity contribution is -0.384. The zero-order valence-electron chi connectivity index (χ0n) is 17.5. The number of rotatable bonds is 5. The molecule has 0 atom stereocenters. The minimum atomic E-state index is -0.328. The van der Waals surface area contributed by atoms with Crippen molar-refractivity contribution in [2.45, 2.75) is 57.9 Å². The van der Waals surface area contributed by atoms with E-state index in [1.54, 1.807) is 29.5 Å². The van der Waals surface area contributed by atoms with E-state index < -0.39 is 0 Å². The molecule has 0 radical (unpaired) electrons. The number of non-ortho nitro benzene ring substituents is 1. The quantitative estimate of drug-likeness (QED) is 0.329. The molecule has 5 nitrogen and oxygen atoms in total. The Labute approximate surface area is 180 Å². The second kappa shape index (κ2) is 8.96. The van der Waals surface area contributed by atoms with Crippen LogP contribution in [0.25, 0.3) is 11.3 Å². The molecule has 1 fully saturated rings. The predicted octanol–water partition coefficient (Wildman–Crippen LogP) is 6.99. The largest absolute Gasteiger partial charge is 0.313 e. The van der Waals surface area contributed by atoms with Gasteiger partial charge in [-0.1, -0.05) is 63.4 Å². The number of para-hydroxylation sites is 1. The summed E-state index contributed by atoms with van der Waals surface area (Å²) in [6, 6.07) is 15.6. The molecule has 4 rings (SSSR count). The first kappa shape index (κ1) is 20.5. The third-order valence-corrected chi connectivity index (χ3v) is 6.65. The number of aromatic nitrogens is 1. The number of hydrogen-bond donors (Lipinski definition) is 0. The van der Waals surface area contributed by atoms with Crippen LogP contribution in [0.3, 0.4) is 0 Å². The van der Waals surface area contributed by atoms with Crippen LogP contribution in [0.15, 0.2) is 58.9 Å². The van der Waals surface area contributed by atoms with Gasteiger partial charge in [0.05, 0.1) is 16.3 Å². The van der Waals surface area contributed by atoms with Gasteiger partial charge < -0.3 is 4.57 Å². The maximum atomic E-state index is 11.3. The molecule has 1 aliphatic rings. The third-order valence-electron chi connectivity index (χ3n) is 5.81. The smallest absolute Gasteiger partial charge is 0.270 e. The van der Waals surface area contributed by atoms with Crippen molar-refractivity contribution in [3.8, 4) is 11.3 Å². The van der Waals surface area contributed by atoms with Crippen molar-refractivity contribution in [3.63, 3.8) is 0 Å². The van der Waals surface area contributed by atoms with Gasteiger partial charge in [0, 0.05) is 29.1 Å². The second-order valence-electron chi connectivity index (χ2n) is 8.20. The Morgan fingerprint density at radius 3 is 2.60 bits per heavy atom. The predicted molar refractivity (Wildman–Crippen MR) is 122 cm³/mol. The Morgan fingerprint density at radius 2 is 1.87 bits per heavy atom. The van der Waals surface area contributed by atoms with Crippen LogP contribution in [-0.2, 0) is 0 Å². The molecule has 0 saturated heterocycles. The molecule has 1 saturated carbocycles. The molecule has 30 heavy (non-hydrogen) atoms. The Bertz CT molecular complexity index is 1110. The molecule has 0 bridgehead atoms. The summed E-state index contributed by atoms with van der Waals surface area (Å²) < 4.78 is 2.33. The highest BCUT2D eigenvalue weighted by molar-refractivity contribution is 7.07. The highest BCUT2D eigenvalue weighted by Crippen LogP contribution is 2.34. The highest BCUT2D eigenvalue weighted by Gasteiger charge is 2.21. The molecule has 156 valence electrons. The molecule has 0 N–H and O–H groups in total. The van der Waals surface area contributed by atoms with E-state index in [4.69, 9.17) is 4.99 Å². The molecule has 1 heterocycles. The number of hydrogen-bond acceptors (Lipinski definition) is 4. The molecule has 1 aromatic heterocycles. The molecule has 6 heteroatoms. The van der Waals surface area contributed by atoms with E-state index in [0.29, 0.717) is 12.0 Å². The van der Waals surface area contributed by atoms with Crippen molar-refractivity contribution in [2.75, 3.05) is 0 Å². The van der Waals surface area contributed by atoms with Gasteiger partial charge in [-0.15, -0.1) is 11.3 Å². The molecule has 0 aliphatic heterocycles. The van der Waals surface area contributed by atoms with Crippen LogP contribution in [0.2, 0.25) is 0 Å². The molecule has 1 aliphatic carbocycles. The third kappa shape index (κ3) is 4.24. The molecule has 2 aromatic carbocycles. The van der Waals surface area contributed by atoms with E-state index in [-0.39, 0.29) is 10.6 Å². The number of nitrogens with zero attached hydrogens (tertiary/aromatic N) is 3. The Hall–Kier alpha value is -2.73. The lowest BCUT2D eigenvalue weighted by Crippen LogP contribution is -2.23. The van der Waals surface area contributed by atoms with Crippen molar-refractivity contribution in [3.05, 3.63) is 74.4 Å². The fraction of sp³-hybridized carbons (Fsp3) is 0.375. The van der Waals surface area contributed by atoms with E-state index in [1.807, 2.05) is 12.1 Å². The highest BCUT2D eigenvalue weighted by atomic mass is 32.1. The van der Waals surface area contributed by atoms with E-state index in [0.717, 1.165) is 34.6 Å². The van der Waals surface area contributed by atoms with Crippen LogP contribution < -0.4 is 4.80 Å². The summed E-state index contributed by atoms with van der Waals surface area (Å²) >= 11 is 1.62. The number of nitro groups is 1. The average Bonchev–Trinajstić information content (AvgIpc) is 3.18. The number of benzene rings is 2. The summed E-state index contributed by atoms with van der Waals surface area (Å²) in [7, 11) is 0. The second-order valence-corrected chi connectivity index (χ2v) is 9.03. The monoisotopic (exact) mass is 421 g/mol. The van der Waals surface area contributed by atoms with Crippen molar-refractivity contribution in [1.82, 2.24) is 4.57 Å². The van der Waals surface area contributed by atoms with Gasteiger partial charge in [0.15, 0.2) is 4.80 Å². The van der Waals surface area contributed by atoms with Crippen molar-refractivity contribution < 1.29 is 4.92 Å². The van der Waals surface area contributed by atoms with Crippen LogP contribution in [0.1, 0.15) is 63.5 Å².